The predicted octanol–water partition coefficient (Wildman–Crippen LogP) is 3.17. The summed E-state index contributed by atoms with van der Waals surface area (Å²) >= 11 is 0. The number of anilines is 1. The van der Waals surface area contributed by atoms with Gasteiger partial charge in [0, 0.05) is 0 Å². The second kappa shape index (κ2) is 7.41. The number of carbonyl (C=O) groups is 1. The Balaban J connectivity index is 1.57. The molecule has 2 N–H and O–H groups in total. The molecule has 1 unspecified atom stereocenters. The topological polar surface area (TPSA) is 80.0 Å². The molecule has 122 valence electrons. The standard InChI is InChI=1S/C18H18N4O2/c1-13(14-6-3-2-4-7-14)20-18(23)16-9-10-17(22-21-16)19-12-15-8-5-11-24-15/h2-11,13H,12H2,1H3,(H,19,22)(H,20,23). The van der Waals surface area contributed by atoms with Gasteiger partial charge in [0.25, 0.3) is 5.91 Å². The summed E-state index contributed by atoms with van der Waals surface area (Å²) in [6.45, 7) is 2.44. The minimum Gasteiger partial charge on any atom is -0.467 e. The number of carbonyl (C=O) groups excluding carboxylic acids is 1. The molecule has 1 aromatic carbocycles. The smallest absolute Gasteiger partial charge is 0.272 e. The molecule has 0 fully saturated rings. The monoisotopic (exact) mass is 322 g/mol. The molecule has 6 nitrogen and oxygen atoms in total. The van der Waals surface area contributed by atoms with E-state index in [4.69, 9.17) is 4.42 Å². The van der Waals surface area contributed by atoms with E-state index in [9.17, 15) is 4.79 Å². The predicted molar refractivity (Wildman–Crippen MR) is 90.4 cm³/mol. The number of nitrogens with one attached hydrogen (secondary N) is 2. The molecular weight excluding hydrogens is 304 g/mol. The molecule has 1 atom stereocenters. The van der Waals surface area contributed by atoms with Gasteiger partial charge in [-0.05, 0) is 36.8 Å². The van der Waals surface area contributed by atoms with Gasteiger partial charge in [-0.3, -0.25) is 4.79 Å². The van der Waals surface area contributed by atoms with Gasteiger partial charge in [-0.1, -0.05) is 30.3 Å². The van der Waals surface area contributed by atoms with Crippen LogP contribution >= 0.6 is 0 Å². The zero-order chi connectivity index (χ0) is 16.8. The van der Waals surface area contributed by atoms with Gasteiger partial charge in [0.15, 0.2) is 5.69 Å². The number of hydrogen-bond acceptors (Lipinski definition) is 5. The fourth-order valence-corrected chi connectivity index (χ4v) is 2.23. The Hall–Kier alpha value is -3.15. The van der Waals surface area contributed by atoms with Crippen molar-refractivity contribution in [3.8, 4) is 0 Å². The number of hydrogen-bond donors (Lipinski definition) is 2. The van der Waals surface area contributed by atoms with Crippen molar-refractivity contribution in [2.45, 2.75) is 19.5 Å². The van der Waals surface area contributed by atoms with Crippen LogP contribution in [-0.2, 0) is 6.54 Å². The molecule has 0 saturated carbocycles. The van der Waals surface area contributed by atoms with Gasteiger partial charge in [0.2, 0.25) is 0 Å². The van der Waals surface area contributed by atoms with Crippen LogP contribution in [0.2, 0.25) is 0 Å². The molecule has 3 aromatic rings. The van der Waals surface area contributed by atoms with Crippen LogP contribution in [-0.4, -0.2) is 16.1 Å². The highest BCUT2D eigenvalue weighted by atomic mass is 16.3. The fraction of sp³-hybridized carbons (Fsp3) is 0.167. The molecule has 6 heteroatoms. The summed E-state index contributed by atoms with van der Waals surface area (Å²) in [5, 5.41) is 14.0. The zero-order valence-electron chi connectivity index (χ0n) is 13.3. The molecule has 0 aliphatic rings. The highest BCUT2D eigenvalue weighted by Gasteiger charge is 2.13. The summed E-state index contributed by atoms with van der Waals surface area (Å²) in [6, 6.07) is 16.7. The number of rotatable bonds is 6. The Kier molecular flexibility index (Phi) is 4.86. The lowest BCUT2D eigenvalue weighted by atomic mass is 10.1. The van der Waals surface area contributed by atoms with E-state index in [1.807, 2.05) is 49.4 Å². The number of benzene rings is 1. The molecule has 1 amide bonds. The quantitative estimate of drug-likeness (QED) is 0.728. The molecule has 24 heavy (non-hydrogen) atoms. The van der Waals surface area contributed by atoms with Crippen LogP contribution in [0.5, 0.6) is 0 Å². The maximum absolute atomic E-state index is 12.2. The zero-order valence-corrected chi connectivity index (χ0v) is 13.3. The third-order valence-corrected chi connectivity index (χ3v) is 3.57. The van der Waals surface area contributed by atoms with Gasteiger partial charge < -0.3 is 15.1 Å². The lowest BCUT2D eigenvalue weighted by Crippen LogP contribution is -2.27. The van der Waals surface area contributed by atoms with Crippen LogP contribution in [0.15, 0.2) is 65.3 Å². The molecule has 2 aromatic heterocycles. The van der Waals surface area contributed by atoms with Gasteiger partial charge in [-0.2, -0.15) is 0 Å². The van der Waals surface area contributed by atoms with E-state index in [-0.39, 0.29) is 17.6 Å². The number of amides is 1. The lowest BCUT2D eigenvalue weighted by molar-refractivity contribution is 0.0934. The van der Waals surface area contributed by atoms with E-state index in [1.54, 1.807) is 18.4 Å². The average molecular weight is 322 g/mol. The minimum absolute atomic E-state index is 0.0998. The number of aromatic nitrogens is 2. The van der Waals surface area contributed by atoms with Crippen molar-refractivity contribution in [3.05, 3.63) is 77.9 Å². The van der Waals surface area contributed by atoms with Crippen LogP contribution in [0.25, 0.3) is 0 Å². The van der Waals surface area contributed by atoms with Gasteiger partial charge in [-0.15, -0.1) is 10.2 Å². The summed E-state index contributed by atoms with van der Waals surface area (Å²) in [6.07, 6.45) is 1.62. The Morgan fingerprint density at radius 2 is 1.92 bits per heavy atom. The van der Waals surface area contributed by atoms with Crippen molar-refractivity contribution in [3.63, 3.8) is 0 Å². The number of nitrogens with zero attached hydrogens (tertiary/aromatic N) is 2. The van der Waals surface area contributed by atoms with Crippen molar-refractivity contribution in [1.29, 1.82) is 0 Å². The van der Waals surface area contributed by atoms with Crippen molar-refractivity contribution < 1.29 is 9.21 Å². The molecule has 0 saturated heterocycles. The third kappa shape index (κ3) is 3.98. The normalized spacial score (nSPS) is 11.7. The van der Waals surface area contributed by atoms with Gasteiger partial charge in [0.1, 0.15) is 11.6 Å². The van der Waals surface area contributed by atoms with Crippen molar-refractivity contribution in [2.24, 2.45) is 0 Å². The van der Waals surface area contributed by atoms with Gasteiger partial charge >= 0.3 is 0 Å². The van der Waals surface area contributed by atoms with Crippen LogP contribution in [0.4, 0.5) is 5.82 Å². The molecule has 0 radical (unpaired) electrons. The van der Waals surface area contributed by atoms with Gasteiger partial charge in [0.05, 0.1) is 18.8 Å². The largest absolute Gasteiger partial charge is 0.467 e. The molecule has 2 heterocycles. The van der Waals surface area contributed by atoms with E-state index < -0.39 is 0 Å². The Bertz CT molecular complexity index is 771. The van der Waals surface area contributed by atoms with Crippen molar-refractivity contribution >= 4 is 11.7 Å². The van der Waals surface area contributed by atoms with Gasteiger partial charge in [-0.25, -0.2) is 0 Å². The van der Waals surface area contributed by atoms with E-state index in [0.717, 1.165) is 11.3 Å². The molecule has 0 bridgehead atoms. The fourth-order valence-electron chi connectivity index (χ4n) is 2.23. The first kappa shape index (κ1) is 15.7. The molecule has 3 rings (SSSR count). The number of furan rings is 1. The van der Waals surface area contributed by atoms with E-state index in [1.165, 1.54) is 0 Å². The first-order chi connectivity index (χ1) is 11.7. The second-order valence-electron chi connectivity index (χ2n) is 5.34. The Labute approximate surface area is 139 Å². The van der Waals surface area contributed by atoms with Crippen molar-refractivity contribution in [2.75, 3.05) is 5.32 Å². The Morgan fingerprint density at radius 1 is 1.08 bits per heavy atom. The molecule has 0 spiro atoms. The SMILES string of the molecule is CC(NC(=O)c1ccc(NCc2ccco2)nn1)c1ccccc1. The van der Waals surface area contributed by atoms with Crippen LogP contribution in [0.1, 0.15) is 34.8 Å². The minimum atomic E-state index is -0.253. The molecular formula is C18H18N4O2. The van der Waals surface area contributed by atoms with Crippen LogP contribution < -0.4 is 10.6 Å². The first-order valence-corrected chi connectivity index (χ1v) is 7.68. The van der Waals surface area contributed by atoms with E-state index in [2.05, 4.69) is 20.8 Å². The van der Waals surface area contributed by atoms with E-state index in [0.29, 0.717) is 12.4 Å². The Morgan fingerprint density at radius 3 is 2.58 bits per heavy atom. The molecule has 0 aliphatic heterocycles. The molecule has 0 aliphatic carbocycles. The summed E-state index contributed by atoms with van der Waals surface area (Å²) in [7, 11) is 0. The van der Waals surface area contributed by atoms with Crippen LogP contribution in [0.3, 0.4) is 0 Å². The summed E-state index contributed by atoms with van der Waals surface area (Å²) in [4.78, 5) is 12.2. The average Bonchev–Trinajstić information content (AvgIpc) is 3.14. The first-order valence-electron chi connectivity index (χ1n) is 7.68. The van der Waals surface area contributed by atoms with Crippen molar-refractivity contribution in [1.82, 2.24) is 15.5 Å². The maximum atomic E-state index is 12.2. The summed E-state index contributed by atoms with van der Waals surface area (Å²) in [5.74, 6) is 1.13. The lowest BCUT2D eigenvalue weighted by Gasteiger charge is -2.13. The summed E-state index contributed by atoms with van der Waals surface area (Å²) in [5.41, 5.74) is 1.32. The highest BCUT2D eigenvalue weighted by molar-refractivity contribution is 5.92. The van der Waals surface area contributed by atoms with Crippen LogP contribution in [0, 0.1) is 0 Å². The summed E-state index contributed by atoms with van der Waals surface area (Å²) < 4.78 is 5.23. The third-order valence-electron chi connectivity index (χ3n) is 3.57. The highest BCUT2D eigenvalue weighted by Crippen LogP contribution is 2.12. The maximum Gasteiger partial charge on any atom is 0.272 e. The second-order valence-corrected chi connectivity index (χ2v) is 5.34. The van der Waals surface area contributed by atoms with E-state index >= 15 is 0 Å².